The molecule has 3 nitrogen and oxygen atoms in total. The third-order valence-electron chi connectivity index (χ3n) is 2.66. The molecule has 1 atom stereocenters. The lowest BCUT2D eigenvalue weighted by Gasteiger charge is -2.24. The summed E-state index contributed by atoms with van der Waals surface area (Å²) < 4.78 is 2.10. The first-order chi connectivity index (χ1) is 6.24. The van der Waals surface area contributed by atoms with E-state index in [0.29, 0.717) is 12.6 Å². The maximum absolute atomic E-state index is 6.15. The van der Waals surface area contributed by atoms with Crippen molar-refractivity contribution in [2.24, 2.45) is 5.73 Å². The van der Waals surface area contributed by atoms with Crippen LogP contribution in [0.2, 0.25) is 5.15 Å². The van der Waals surface area contributed by atoms with E-state index in [0.717, 1.165) is 29.5 Å². The smallest absolute Gasteiger partial charge is 0.132 e. The Morgan fingerprint density at radius 3 is 3.15 bits per heavy atom. The zero-order valence-electron chi connectivity index (χ0n) is 7.76. The highest BCUT2D eigenvalue weighted by atomic mass is 35.5. The van der Waals surface area contributed by atoms with E-state index in [9.17, 15) is 0 Å². The summed E-state index contributed by atoms with van der Waals surface area (Å²) in [4.78, 5) is 4.42. The Balaban J connectivity index is 2.47. The number of hydrogen-bond acceptors (Lipinski definition) is 2. The highest BCUT2D eigenvalue weighted by Crippen LogP contribution is 2.29. The Kier molecular flexibility index (Phi) is 2.30. The van der Waals surface area contributed by atoms with Crippen LogP contribution in [0, 0.1) is 6.92 Å². The molecule has 1 unspecified atom stereocenters. The van der Waals surface area contributed by atoms with Crippen molar-refractivity contribution in [3.63, 3.8) is 0 Å². The number of rotatable bonds is 1. The standard InChI is InChI=1S/C9H14ClN3/c1-6-9(10)13-7(5-11)3-2-4-8(13)12-6/h7H,2-5,11H2,1H3. The molecule has 1 aromatic rings. The molecule has 2 N–H and O–H groups in total. The average Bonchev–Trinajstić information content (AvgIpc) is 2.43. The number of fused-ring (bicyclic) bond motifs is 1. The van der Waals surface area contributed by atoms with Crippen LogP contribution in [0.5, 0.6) is 0 Å². The van der Waals surface area contributed by atoms with Gasteiger partial charge in [0.05, 0.1) is 5.69 Å². The molecule has 1 aliphatic rings. The second-order valence-corrected chi connectivity index (χ2v) is 3.91. The summed E-state index contributed by atoms with van der Waals surface area (Å²) in [6, 6.07) is 0.359. The molecule has 0 radical (unpaired) electrons. The summed E-state index contributed by atoms with van der Waals surface area (Å²) in [5.74, 6) is 1.10. The van der Waals surface area contributed by atoms with Gasteiger partial charge in [0.1, 0.15) is 11.0 Å². The van der Waals surface area contributed by atoms with Crippen LogP contribution in [-0.4, -0.2) is 16.1 Å². The molecule has 0 amide bonds. The van der Waals surface area contributed by atoms with E-state index < -0.39 is 0 Å². The Bertz CT molecular complexity index is 319. The van der Waals surface area contributed by atoms with Crippen LogP contribution in [0.3, 0.4) is 0 Å². The summed E-state index contributed by atoms with van der Waals surface area (Å²) in [6.45, 7) is 2.60. The maximum Gasteiger partial charge on any atom is 0.132 e. The zero-order chi connectivity index (χ0) is 9.42. The summed E-state index contributed by atoms with van der Waals surface area (Å²) in [5.41, 5.74) is 6.62. The topological polar surface area (TPSA) is 43.8 Å². The molecule has 0 aromatic carbocycles. The van der Waals surface area contributed by atoms with Crippen molar-refractivity contribution in [3.05, 3.63) is 16.7 Å². The van der Waals surface area contributed by atoms with Gasteiger partial charge in [-0.3, -0.25) is 0 Å². The van der Waals surface area contributed by atoms with Crippen LogP contribution in [0.1, 0.15) is 30.4 Å². The van der Waals surface area contributed by atoms with Crippen molar-refractivity contribution in [2.75, 3.05) is 6.54 Å². The minimum Gasteiger partial charge on any atom is -0.328 e. The van der Waals surface area contributed by atoms with Crippen molar-refractivity contribution in [1.82, 2.24) is 9.55 Å². The number of aromatic nitrogens is 2. The molecule has 0 bridgehead atoms. The Labute approximate surface area is 82.9 Å². The number of aryl methyl sites for hydroxylation is 2. The number of halogens is 1. The first-order valence-corrected chi connectivity index (χ1v) is 5.05. The summed E-state index contributed by atoms with van der Waals surface area (Å²) in [6.07, 6.45) is 3.33. The first kappa shape index (κ1) is 9.03. The van der Waals surface area contributed by atoms with Gasteiger partial charge >= 0.3 is 0 Å². The minimum atomic E-state index is 0.359. The second kappa shape index (κ2) is 3.31. The fourth-order valence-electron chi connectivity index (χ4n) is 1.98. The van der Waals surface area contributed by atoms with Crippen LogP contribution in [0.4, 0.5) is 0 Å². The quantitative estimate of drug-likeness (QED) is 0.748. The average molecular weight is 200 g/mol. The molecule has 2 rings (SSSR count). The lowest BCUT2D eigenvalue weighted by atomic mass is 10.1. The van der Waals surface area contributed by atoms with E-state index in [1.165, 1.54) is 6.42 Å². The summed E-state index contributed by atoms with van der Waals surface area (Å²) >= 11 is 6.15. The SMILES string of the molecule is Cc1nc2n(c1Cl)C(CN)CCC2. The Hall–Kier alpha value is -0.540. The van der Waals surface area contributed by atoms with E-state index in [1.807, 2.05) is 6.92 Å². The van der Waals surface area contributed by atoms with Gasteiger partial charge in [0.15, 0.2) is 0 Å². The molecule has 1 aliphatic heterocycles. The molecular formula is C9H14ClN3. The lowest BCUT2D eigenvalue weighted by Crippen LogP contribution is -2.24. The summed E-state index contributed by atoms with van der Waals surface area (Å²) in [5, 5.41) is 0.769. The maximum atomic E-state index is 6.15. The molecule has 13 heavy (non-hydrogen) atoms. The van der Waals surface area contributed by atoms with E-state index >= 15 is 0 Å². The molecule has 0 saturated carbocycles. The zero-order valence-corrected chi connectivity index (χ0v) is 8.51. The predicted molar refractivity (Wildman–Crippen MR) is 53.0 cm³/mol. The van der Waals surface area contributed by atoms with Gasteiger partial charge in [-0.1, -0.05) is 11.6 Å². The summed E-state index contributed by atoms with van der Waals surface area (Å²) in [7, 11) is 0. The van der Waals surface area contributed by atoms with Crippen molar-refractivity contribution < 1.29 is 0 Å². The van der Waals surface area contributed by atoms with Gasteiger partial charge in [-0.05, 0) is 19.8 Å². The van der Waals surface area contributed by atoms with Gasteiger partial charge in [-0.25, -0.2) is 4.98 Å². The molecule has 0 aliphatic carbocycles. The third kappa shape index (κ3) is 1.36. The van der Waals surface area contributed by atoms with Crippen LogP contribution >= 0.6 is 11.6 Å². The van der Waals surface area contributed by atoms with Crippen LogP contribution in [0.15, 0.2) is 0 Å². The molecule has 1 aromatic heterocycles. The van der Waals surface area contributed by atoms with Crippen LogP contribution < -0.4 is 5.73 Å². The normalized spacial score (nSPS) is 21.6. The molecule has 0 saturated heterocycles. The van der Waals surface area contributed by atoms with Crippen molar-refractivity contribution in [3.8, 4) is 0 Å². The lowest BCUT2D eigenvalue weighted by molar-refractivity contribution is 0.405. The number of imidazole rings is 1. The largest absolute Gasteiger partial charge is 0.328 e. The number of hydrogen-bond donors (Lipinski definition) is 1. The molecule has 0 fully saturated rings. The van der Waals surface area contributed by atoms with Gasteiger partial charge < -0.3 is 10.3 Å². The van der Waals surface area contributed by atoms with Gasteiger partial charge in [0, 0.05) is 19.0 Å². The predicted octanol–water partition coefficient (Wildman–Crippen LogP) is 1.68. The van der Waals surface area contributed by atoms with Gasteiger partial charge in [0.25, 0.3) is 0 Å². The highest BCUT2D eigenvalue weighted by Gasteiger charge is 2.23. The van der Waals surface area contributed by atoms with Crippen LogP contribution in [0.25, 0.3) is 0 Å². The number of nitrogens with two attached hydrogens (primary N) is 1. The number of nitrogens with zero attached hydrogens (tertiary/aromatic N) is 2. The van der Waals surface area contributed by atoms with Gasteiger partial charge in [0.2, 0.25) is 0 Å². The molecule has 4 heteroatoms. The minimum absolute atomic E-state index is 0.359. The van der Waals surface area contributed by atoms with Crippen molar-refractivity contribution in [1.29, 1.82) is 0 Å². The van der Waals surface area contributed by atoms with E-state index in [-0.39, 0.29) is 0 Å². The molecule has 0 spiro atoms. The van der Waals surface area contributed by atoms with E-state index in [1.54, 1.807) is 0 Å². The van der Waals surface area contributed by atoms with Crippen LogP contribution in [-0.2, 0) is 6.42 Å². The third-order valence-corrected chi connectivity index (χ3v) is 3.12. The van der Waals surface area contributed by atoms with Gasteiger partial charge in [-0.15, -0.1) is 0 Å². The fraction of sp³-hybridized carbons (Fsp3) is 0.667. The van der Waals surface area contributed by atoms with Gasteiger partial charge in [-0.2, -0.15) is 0 Å². The van der Waals surface area contributed by atoms with Crippen molar-refractivity contribution >= 4 is 11.6 Å². The van der Waals surface area contributed by atoms with E-state index in [2.05, 4.69) is 9.55 Å². The fourth-order valence-corrected chi connectivity index (χ4v) is 2.25. The van der Waals surface area contributed by atoms with Crippen molar-refractivity contribution in [2.45, 2.75) is 32.2 Å². The second-order valence-electron chi connectivity index (χ2n) is 3.56. The molecular weight excluding hydrogens is 186 g/mol. The monoisotopic (exact) mass is 199 g/mol. The molecule has 2 heterocycles. The molecule has 72 valence electrons. The highest BCUT2D eigenvalue weighted by molar-refractivity contribution is 6.30. The first-order valence-electron chi connectivity index (χ1n) is 4.67. The van der Waals surface area contributed by atoms with E-state index in [4.69, 9.17) is 17.3 Å². The Morgan fingerprint density at radius 2 is 2.46 bits per heavy atom. The Morgan fingerprint density at radius 1 is 1.69 bits per heavy atom.